The first-order valence-electron chi connectivity index (χ1n) is 12.1. The lowest BCUT2D eigenvalue weighted by molar-refractivity contribution is -0.122. The molecule has 0 radical (unpaired) electrons. The maximum Gasteiger partial charge on any atom is 0.224 e. The minimum Gasteiger partial charge on any atom is -0.381 e. The van der Waals surface area contributed by atoms with Gasteiger partial charge in [-0.2, -0.15) is 4.98 Å². The minimum atomic E-state index is -1.08. The molecule has 4 N–H and O–H groups in total. The fourth-order valence-electron chi connectivity index (χ4n) is 5.05. The van der Waals surface area contributed by atoms with Crippen molar-refractivity contribution in [2.24, 2.45) is 17.6 Å². The lowest BCUT2D eigenvalue weighted by atomic mass is 9.85. The molecular weight excluding hydrogens is 475 g/mol. The van der Waals surface area contributed by atoms with Gasteiger partial charge in [0.25, 0.3) is 0 Å². The number of fused-ring (bicyclic) bond motifs is 1. The van der Waals surface area contributed by atoms with Crippen LogP contribution in [0.25, 0.3) is 11.2 Å². The topological polar surface area (TPSA) is 120 Å². The number of carbonyl (C=O) groups excluding carboxylic acids is 1. The number of hydrogen-bond acceptors (Lipinski definition) is 7. The molecule has 1 saturated carbocycles. The number of carbonyl (C=O) groups is 1. The summed E-state index contributed by atoms with van der Waals surface area (Å²) in [5, 5.41) is 6.08. The van der Waals surface area contributed by atoms with E-state index in [1.54, 1.807) is 10.8 Å². The van der Waals surface area contributed by atoms with Gasteiger partial charge >= 0.3 is 0 Å². The molecule has 2 fully saturated rings. The predicted molar refractivity (Wildman–Crippen MR) is 127 cm³/mol. The predicted octanol–water partition coefficient (Wildman–Crippen LogP) is 4.04. The van der Waals surface area contributed by atoms with Crippen molar-refractivity contribution in [1.29, 1.82) is 0 Å². The van der Waals surface area contributed by atoms with Crippen LogP contribution in [0.2, 0.25) is 0 Å². The van der Waals surface area contributed by atoms with E-state index in [9.17, 15) is 18.0 Å². The van der Waals surface area contributed by atoms with Crippen molar-refractivity contribution < 1.29 is 22.7 Å². The lowest BCUT2D eigenvalue weighted by Gasteiger charge is -2.30. The second-order valence-electron chi connectivity index (χ2n) is 9.58. The molecule has 2 atom stereocenters. The monoisotopic (exact) mass is 503 g/mol. The van der Waals surface area contributed by atoms with E-state index in [1.165, 1.54) is 0 Å². The molecule has 3 heterocycles. The van der Waals surface area contributed by atoms with Crippen LogP contribution in [-0.4, -0.2) is 44.7 Å². The zero-order valence-electron chi connectivity index (χ0n) is 19.8. The number of imidazole rings is 1. The number of aromatic nitrogens is 4. The van der Waals surface area contributed by atoms with Crippen LogP contribution >= 0.6 is 0 Å². The molecule has 3 aromatic rings. The second kappa shape index (κ2) is 9.92. The highest BCUT2D eigenvalue weighted by atomic mass is 19.1. The number of primary amides is 1. The highest BCUT2D eigenvalue weighted by Gasteiger charge is 2.30. The number of rotatable bonds is 6. The van der Waals surface area contributed by atoms with Crippen molar-refractivity contribution in [1.82, 2.24) is 19.5 Å². The number of nitrogens with zero attached hydrogens (tertiary/aromatic N) is 4. The van der Waals surface area contributed by atoms with E-state index < -0.39 is 23.1 Å². The molecule has 1 aromatic carbocycles. The molecule has 1 amide bonds. The molecule has 1 aliphatic carbocycles. The minimum absolute atomic E-state index is 0.138. The Kier molecular flexibility index (Phi) is 6.69. The summed E-state index contributed by atoms with van der Waals surface area (Å²) in [5.41, 5.74) is 5.90. The number of hydrogen-bond donors (Lipinski definition) is 3. The van der Waals surface area contributed by atoms with Crippen LogP contribution < -0.4 is 16.4 Å². The Bertz CT molecular complexity index is 1250. The summed E-state index contributed by atoms with van der Waals surface area (Å²) in [6, 6.07) is 1.20. The smallest absolute Gasteiger partial charge is 0.224 e. The van der Waals surface area contributed by atoms with Gasteiger partial charge in [0.1, 0.15) is 17.0 Å². The fraction of sp³-hybridized carbons (Fsp3) is 0.500. The first-order chi connectivity index (χ1) is 17.3. The van der Waals surface area contributed by atoms with Gasteiger partial charge in [-0.05, 0) is 38.0 Å². The van der Waals surface area contributed by atoms with Gasteiger partial charge < -0.3 is 21.1 Å². The number of benzene rings is 1. The van der Waals surface area contributed by atoms with E-state index in [-0.39, 0.29) is 35.8 Å². The number of nitrogens with one attached hydrogen (secondary N) is 2. The molecule has 9 nitrogen and oxygen atoms in total. The molecule has 0 unspecified atom stereocenters. The van der Waals surface area contributed by atoms with E-state index >= 15 is 0 Å². The fourth-order valence-corrected chi connectivity index (χ4v) is 5.05. The van der Waals surface area contributed by atoms with Crippen molar-refractivity contribution >= 4 is 34.7 Å². The van der Waals surface area contributed by atoms with Crippen molar-refractivity contribution in [2.75, 3.05) is 23.8 Å². The first kappa shape index (κ1) is 24.3. The Hall–Kier alpha value is -3.41. The molecule has 2 aromatic heterocycles. The third-order valence-electron chi connectivity index (χ3n) is 7.10. The van der Waals surface area contributed by atoms with E-state index in [4.69, 9.17) is 15.5 Å². The van der Waals surface area contributed by atoms with Crippen LogP contribution in [0.5, 0.6) is 0 Å². The number of nitrogens with two attached hydrogens (primary N) is 1. The molecule has 0 bridgehead atoms. The lowest BCUT2D eigenvalue weighted by Crippen LogP contribution is -2.36. The molecule has 36 heavy (non-hydrogen) atoms. The van der Waals surface area contributed by atoms with E-state index in [0.717, 1.165) is 6.42 Å². The Morgan fingerprint density at radius 2 is 1.83 bits per heavy atom. The number of ether oxygens (including phenoxy) is 1. The van der Waals surface area contributed by atoms with Gasteiger partial charge in [-0.3, -0.25) is 9.36 Å². The third-order valence-corrected chi connectivity index (χ3v) is 7.10. The standard InChI is InChI=1S/C24H28F3N7O2/c1-12-11-36-7-6-18(12)30-23-29-10-19-22(33-23)34(15-4-2-13(3-5-15)21(28)35)24(31-19)32-20-16(26)8-14(25)9-17(20)27/h8-10,12-13,15,18H,2-7,11H2,1H3,(H2,28,35)(H,31,32)(H,29,30,33)/t12-,13-,15-,18-/m0/s1. The third kappa shape index (κ3) is 4.81. The van der Waals surface area contributed by atoms with Gasteiger partial charge in [-0.25, -0.2) is 23.1 Å². The summed E-state index contributed by atoms with van der Waals surface area (Å²) < 4.78 is 49.6. The van der Waals surface area contributed by atoms with Crippen LogP contribution in [0.15, 0.2) is 18.3 Å². The molecule has 12 heteroatoms. The molecule has 5 rings (SSSR count). The summed E-state index contributed by atoms with van der Waals surface area (Å²) in [5.74, 6) is -2.89. The van der Waals surface area contributed by atoms with E-state index in [0.29, 0.717) is 68.1 Å². The maximum absolute atomic E-state index is 14.4. The van der Waals surface area contributed by atoms with Crippen LogP contribution in [-0.2, 0) is 9.53 Å². The van der Waals surface area contributed by atoms with Gasteiger partial charge in [-0.1, -0.05) is 6.92 Å². The summed E-state index contributed by atoms with van der Waals surface area (Å²) in [6.45, 7) is 3.38. The van der Waals surface area contributed by atoms with Gasteiger partial charge in [-0.15, -0.1) is 0 Å². The number of halogens is 3. The van der Waals surface area contributed by atoms with Crippen LogP contribution in [0, 0.1) is 29.3 Å². The number of amides is 1. The average molecular weight is 504 g/mol. The van der Waals surface area contributed by atoms with Crippen LogP contribution in [0.4, 0.5) is 30.8 Å². The number of anilines is 3. The van der Waals surface area contributed by atoms with Crippen LogP contribution in [0.1, 0.15) is 45.1 Å². The quantitative estimate of drug-likeness (QED) is 0.464. The summed E-state index contributed by atoms with van der Waals surface area (Å²) in [6.07, 6.45) is 4.73. The SMILES string of the molecule is C[C@H]1COCC[C@@H]1Nc1ncc2nc(Nc3c(F)cc(F)cc3F)n([C@H]3CC[C@H](C(N)=O)CC3)c2n1. The zero-order chi connectivity index (χ0) is 25.4. The van der Waals surface area contributed by atoms with Gasteiger partial charge in [0.15, 0.2) is 17.3 Å². The molecule has 192 valence electrons. The Balaban J connectivity index is 1.53. The molecule has 0 spiro atoms. The molecule has 2 aliphatic rings. The maximum atomic E-state index is 14.4. The summed E-state index contributed by atoms with van der Waals surface area (Å²) in [7, 11) is 0. The highest BCUT2D eigenvalue weighted by molar-refractivity contribution is 5.78. The molecule has 1 saturated heterocycles. The van der Waals surface area contributed by atoms with Crippen molar-refractivity contribution in [3.8, 4) is 0 Å². The highest BCUT2D eigenvalue weighted by Crippen LogP contribution is 2.37. The zero-order valence-corrected chi connectivity index (χ0v) is 19.8. The molecular formula is C24H28F3N7O2. The average Bonchev–Trinajstić information content (AvgIpc) is 3.20. The van der Waals surface area contributed by atoms with Crippen molar-refractivity contribution in [2.45, 2.75) is 51.1 Å². The Labute approximate surface area is 205 Å². The van der Waals surface area contributed by atoms with Crippen LogP contribution in [0.3, 0.4) is 0 Å². The summed E-state index contributed by atoms with van der Waals surface area (Å²) >= 11 is 0. The summed E-state index contributed by atoms with van der Waals surface area (Å²) in [4.78, 5) is 25.3. The normalized spacial score (nSPS) is 24.6. The van der Waals surface area contributed by atoms with Gasteiger partial charge in [0.2, 0.25) is 17.8 Å². The largest absolute Gasteiger partial charge is 0.381 e. The first-order valence-corrected chi connectivity index (χ1v) is 12.1. The second-order valence-corrected chi connectivity index (χ2v) is 9.58. The van der Waals surface area contributed by atoms with E-state index in [1.807, 2.05) is 0 Å². The van der Waals surface area contributed by atoms with Gasteiger partial charge in [0.05, 0.1) is 12.8 Å². The Morgan fingerprint density at radius 3 is 2.50 bits per heavy atom. The van der Waals surface area contributed by atoms with Gasteiger partial charge in [0, 0.05) is 36.7 Å². The van der Waals surface area contributed by atoms with Crippen molar-refractivity contribution in [3.63, 3.8) is 0 Å². The van der Waals surface area contributed by atoms with Crippen molar-refractivity contribution in [3.05, 3.63) is 35.8 Å². The molecule has 1 aliphatic heterocycles. The van der Waals surface area contributed by atoms with E-state index in [2.05, 4.69) is 27.5 Å². The Morgan fingerprint density at radius 1 is 1.11 bits per heavy atom.